The van der Waals surface area contributed by atoms with Crippen LogP contribution in [0.1, 0.15) is 16.7 Å². The second-order valence-corrected chi connectivity index (χ2v) is 7.25. The monoisotopic (exact) mass is 398 g/mol. The minimum Gasteiger partial charge on any atom is -0.369 e. The number of pyridine rings is 1. The highest BCUT2D eigenvalue weighted by molar-refractivity contribution is 7.08. The summed E-state index contributed by atoms with van der Waals surface area (Å²) in [4.78, 5) is 23.0. The summed E-state index contributed by atoms with van der Waals surface area (Å²) in [5.74, 6) is -0.800. The molecule has 28 heavy (non-hydrogen) atoms. The molecule has 4 rings (SSSR count). The van der Waals surface area contributed by atoms with Gasteiger partial charge in [0.2, 0.25) is 0 Å². The number of benzene rings is 1. The summed E-state index contributed by atoms with van der Waals surface area (Å²) in [5, 5.41) is 3.66. The molecule has 1 aliphatic heterocycles. The number of amides is 1. The molecule has 8 heteroatoms. The Morgan fingerprint density at radius 3 is 2.68 bits per heavy atom. The van der Waals surface area contributed by atoms with Crippen molar-refractivity contribution in [3.05, 3.63) is 76.0 Å². The minimum atomic E-state index is -1.55. The number of nitrogens with two attached hydrogens (primary N) is 1. The Bertz CT molecular complexity index is 1080. The zero-order chi connectivity index (χ0) is 19.9. The molecule has 3 aromatic rings. The number of hydrogen-bond acceptors (Lipinski definition) is 5. The fraction of sp³-hybridized carbons (Fsp3) is 0.150. The Kier molecular flexibility index (Phi) is 4.43. The van der Waals surface area contributed by atoms with Gasteiger partial charge in [-0.15, -0.1) is 0 Å². The van der Waals surface area contributed by atoms with Gasteiger partial charge in [0, 0.05) is 36.1 Å². The number of halogens is 2. The lowest BCUT2D eigenvalue weighted by atomic mass is 9.82. The first-order chi connectivity index (χ1) is 13.5. The number of guanidine groups is 1. The molecule has 1 atom stereocenters. The van der Waals surface area contributed by atoms with Crippen LogP contribution in [0, 0.1) is 5.82 Å². The van der Waals surface area contributed by atoms with E-state index in [0.717, 1.165) is 0 Å². The lowest BCUT2D eigenvalue weighted by Gasteiger charge is -2.26. The molecular weight excluding hydrogens is 382 g/mol. The number of alkyl halides is 1. The molecule has 2 aromatic heterocycles. The van der Waals surface area contributed by atoms with Crippen molar-refractivity contribution >= 4 is 23.2 Å². The third-order valence-electron chi connectivity index (χ3n) is 4.82. The number of likely N-dealkylation sites (N-methyl/N-ethyl adjacent to an activating group) is 1. The molecule has 3 heterocycles. The van der Waals surface area contributed by atoms with Gasteiger partial charge in [-0.25, -0.2) is 13.8 Å². The van der Waals surface area contributed by atoms with Crippen LogP contribution in [-0.4, -0.2) is 28.8 Å². The third-order valence-corrected chi connectivity index (χ3v) is 5.51. The highest BCUT2D eigenvalue weighted by atomic mass is 32.1. The van der Waals surface area contributed by atoms with E-state index in [9.17, 15) is 13.6 Å². The van der Waals surface area contributed by atoms with Crippen molar-refractivity contribution in [3.8, 4) is 11.1 Å². The number of aromatic nitrogens is 1. The first-order valence-corrected chi connectivity index (χ1v) is 9.38. The summed E-state index contributed by atoms with van der Waals surface area (Å²) >= 11 is 1.44. The van der Waals surface area contributed by atoms with Crippen LogP contribution in [0.15, 0.2) is 58.5 Å². The zero-order valence-electron chi connectivity index (χ0n) is 14.9. The molecule has 0 bridgehead atoms. The van der Waals surface area contributed by atoms with Crippen LogP contribution < -0.4 is 5.73 Å². The van der Waals surface area contributed by atoms with Crippen LogP contribution in [0.2, 0.25) is 0 Å². The average Bonchev–Trinajstić information content (AvgIpc) is 3.32. The van der Waals surface area contributed by atoms with E-state index in [2.05, 4.69) is 9.98 Å². The van der Waals surface area contributed by atoms with Gasteiger partial charge in [0.1, 0.15) is 12.5 Å². The van der Waals surface area contributed by atoms with Crippen molar-refractivity contribution in [2.45, 2.75) is 12.2 Å². The van der Waals surface area contributed by atoms with E-state index in [0.29, 0.717) is 27.8 Å². The number of thiophene rings is 1. The SMILES string of the molecule is CN1C(=O)C(c2cncc(CF)c2)(c2ccc(F)c(-c3ccsc3)c2)N=C1N. The molecule has 1 unspecified atom stereocenters. The molecule has 0 spiro atoms. The summed E-state index contributed by atoms with van der Waals surface area (Å²) in [6, 6.07) is 7.72. The topological polar surface area (TPSA) is 71.6 Å². The number of aliphatic imine (C=N–C) groups is 1. The molecule has 1 aliphatic rings. The first kappa shape index (κ1) is 18.2. The highest BCUT2D eigenvalue weighted by Crippen LogP contribution is 2.41. The van der Waals surface area contributed by atoms with Crippen LogP contribution >= 0.6 is 11.3 Å². The van der Waals surface area contributed by atoms with Crippen LogP contribution in [0.25, 0.3) is 11.1 Å². The molecule has 0 saturated heterocycles. The molecule has 2 N–H and O–H groups in total. The number of carbonyl (C=O) groups is 1. The Labute approximate surface area is 164 Å². The fourth-order valence-corrected chi connectivity index (χ4v) is 3.99. The minimum absolute atomic E-state index is 0.0251. The molecule has 1 aromatic carbocycles. The maximum absolute atomic E-state index is 14.5. The van der Waals surface area contributed by atoms with Crippen LogP contribution in [0.4, 0.5) is 8.78 Å². The first-order valence-electron chi connectivity index (χ1n) is 8.44. The summed E-state index contributed by atoms with van der Waals surface area (Å²) in [7, 11) is 1.51. The Hall–Kier alpha value is -3.13. The van der Waals surface area contributed by atoms with Crippen molar-refractivity contribution < 1.29 is 13.6 Å². The van der Waals surface area contributed by atoms with Gasteiger partial charge in [-0.05, 0) is 46.2 Å². The quantitative estimate of drug-likeness (QED) is 0.732. The maximum Gasteiger partial charge on any atom is 0.266 e. The van der Waals surface area contributed by atoms with E-state index >= 15 is 0 Å². The second kappa shape index (κ2) is 6.79. The molecular formula is C20H16F2N4OS. The Balaban J connectivity index is 1.98. The van der Waals surface area contributed by atoms with Crippen molar-refractivity contribution in [2.24, 2.45) is 10.7 Å². The highest BCUT2D eigenvalue weighted by Gasteiger charge is 2.50. The lowest BCUT2D eigenvalue weighted by molar-refractivity contribution is -0.129. The zero-order valence-corrected chi connectivity index (χ0v) is 15.7. The van der Waals surface area contributed by atoms with E-state index in [1.165, 1.54) is 53.9 Å². The maximum atomic E-state index is 14.5. The summed E-state index contributed by atoms with van der Waals surface area (Å²) in [6.07, 6.45) is 2.84. The van der Waals surface area contributed by atoms with Crippen molar-refractivity contribution in [3.63, 3.8) is 0 Å². The van der Waals surface area contributed by atoms with Crippen LogP contribution in [0.3, 0.4) is 0 Å². The number of hydrogen-bond donors (Lipinski definition) is 1. The average molecular weight is 398 g/mol. The number of rotatable bonds is 4. The Morgan fingerprint density at radius 1 is 1.21 bits per heavy atom. The predicted molar refractivity (Wildman–Crippen MR) is 104 cm³/mol. The number of nitrogens with zero attached hydrogens (tertiary/aromatic N) is 3. The molecule has 0 fully saturated rings. The predicted octanol–water partition coefficient (Wildman–Crippen LogP) is 3.45. The molecule has 0 aliphatic carbocycles. The van der Waals surface area contributed by atoms with E-state index in [-0.39, 0.29) is 5.96 Å². The smallest absolute Gasteiger partial charge is 0.266 e. The molecule has 0 radical (unpaired) electrons. The Morgan fingerprint density at radius 2 is 2.04 bits per heavy atom. The summed E-state index contributed by atoms with van der Waals surface area (Å²) < 4.78 is 27.7. The molecule has 1 amide bonds. The number of carbonyl (C=O) groups excluding carboxylic acids is 1. The molecule has 142 valence electrons. The van der Waals surface area contributed by atoms with Gasteiger partial charge in [-0.3, -0.25) is 14.7 Å². The lowest BCUT2D eigenvalue weighted by Crippen LogP contribution is -2.41. The van der Waals surface area contributed by atoms with Gasteiger partial charge in [0.15, 0.2) is 11.5 Å². The third kappa shape index (κ3) is 2.68. The normalized spacial score (nSPS) is 19.2. The van der Waals surface area contributed by atoms with Crippen molar-refractivity contribution in [2.75, 3.05) is 7.05 Å². The standard InChI is InChI=1S/C20H16F2N4OS/c1-26-18(27)20(25-19(26)23,15-6-12(8-21)9-24-10-15)14-2-3-17(22)16(7-14)13-4-5-28-11-13/h2-7,9-11H,8H2,1H3,(H2,23,25). The van der Waals surface area contributed by atoms with Gasteiger partial charge >= 0.3 is 0 Å². The molecule has 0 saturated carbocycles. The molecule has 5 nitrogen and oxygen atoms in total. The van der Waals surface area contributed by atoms with Crippen LogP contribution in [0.5, 0.6) is 0 Å². The summed E-state index contributed by atoms with van der Waals surface area (Å²) in [5.41, 5.74) is 6.57. The van der Waals surface area contributed by atoms with Crippen molar-refractivity contribution in [1.82, 2.24) is 9.88 Å². The second-order valence-electron chi connectivity index (χ2n) is 6.47. The van der Waals surface area contributed by atoms with Crippen molar-refractivity contribution in [1.29, 1.82) is 0 Å². The summed E-state index contributed by atoms with van der Waals surface area (Å²) in [6.45, 7) is -0.732. The largest absolute Gasteiger partial charge is 0.369 e. The van der Waals surface area contributed by atoms with Gasteiger partial charge in [-0.1, -0.05) is 6.07 Å². The van der Waals surface area contributed by atoms with Gasteiger partial charge in [0.25, 0.3) is 5.91 Å². The van der Waals surface area contributed by atoms with E-state index < -0.39 is 23.9 Å². The van der Waals surface area contributed by atoms with Gasteiger partial charge < -0.3 is 5.73 Å². The van der Waals surface area contributed by atoms with E-state index in [1.54, 1.807) is 12.1 Å². The van der Waals surface area contributed by atoms with Crippen LogP contribution in [-0.2, 0) is 17.0 Å². The van der Waals surface area contributed by atoms with Gasteiger partial charge in [-0.2, -0.15) is 11.3 Å². The van der Waals surface area contributed by atoms with Gasteiger partial charge in [0.05, 0.1) is 0 Å². The van der Waals surface area contributed by atoms with E-state index in [1.807, 2.05) is 10.8 Å². The van der Waals surface area contributed by atoms with E-state index in [4.69, 9.17) is 5.73 Å². The fourth-order valence-electron chi connectivity index (χ4n) is 3.33.